The molecule has 0 aliphatic carbocycles. The van der Waals surface area contributed by atoms with Gasteiger partial charge in [-0.15, -0.1) is 0 Å². The van der Waals surface area contributed by atoms with E-state index in [4.69, 9.17) is 27.4 Å². The molecule has 0 saturated heterocycles. The van der Waals surface area contributed by atoms with E-state index >= 15 is 0 Å². The van der Waals surface area contributed by atoms with Crippen LogP contribution in [0, 0.1) is 0 Å². The zero-order valence-corrected chi connectivity index (χ0v) is 13.5. The Kier molecular flexibility index (Phi) is 3.79. The van der Waals surface area contributed by atoms with Crippen molar-refractivity contribution in [2.45, 2.75) is 4.90 Å². The van der Waals surface area contributed by atoms with Crippen LogP contribution >= 0.6 is 23.2 Å². The Morgan fingerprint density at radius 1 is 0.913 bits per heavy atom. The molecule has 0 unspecified atom stereocenters. The SMILES string of the molecule is O=C1NC(=O)c2cc(S(=O)(=O)Oc3cc(Cl)ccc3Cl)ccc21. The zero-order valence-electron chi connectivity index (χ0n) is 11.2. The molecule has 1 aliphatic heterocycles. The molecule has 3 rings (SSSR count). The van der Waals surface area contributed by atoms with E-state index in [1.807, 2.05) is 0 Å². The molecule has 6 nitrogen and oxygen atoms in total. The van der Waals surface area contributed by atoms with E-state index in [0.717, 1.165) is 6.07 Å². The first-order chi connectivity index (χ1) is 10.8. The van der Waals surface area contributed by atoms with E-state index < -0.39 is 21.9 Å². The van der Waals surface area contributed by atoms with Crippen LogP contribution in [0.25, 0.3) is 0 Å². The Hall–Kier alpha value is -2.09. The van der Waals surface area contributed by atoms with Crippen molar-refractivity contribution in [3.8, 4) is 5.75 Å². The molecule has 0 fully saturated rings. The van der Waals surface area contributed by atoms with Gasteiger partial charge in [-0.25, -0.2) is 0 Å². The summed E-state index contributed by atoms with van der Waals surface area (Å²) in [4.78, 5) is 22.8. The van der Waals surface area contributed by atoms with E-state index in [0.29, 0.717) is 0 Å². The van der Waals surface area contributed by atoms with Crippen molar-refractivity contribution in [1.82, 2.24) is 5.32 Å². The first-order valence-corrected chi connectivity index (χ1v) is 8.33. The highest BCUT2D eigenvalue weighted by atomic mass is 35.5. The summed E-state index contributed by atoms with van der Waals surface area (Å²) in [5.41, 5.74) is 0.0756. The van der Waals surface area contributed by atoms with Gasteiger partial charge in [0.2, 0.25) is 0 Å². The average molecular weight is 372 g/mol. The Bertz CT molecular complexity index is 956. The number of halogens is 2. The number of hydrogen-bond donors (Lipinski definition) is 1. The Balaban J connectivity index is 2.01. The third-order valence-corrected chi connectivity index (χ3v) is 4.87. The molecule has 1 heterocycles. The van der Waals surface area contributed by atoms with Crippen molar-refractivity contribution < 1.29 is 22.2 Å². The Morgan fingerprint density at radius 2 is 1.61 bits per heavy atom. The molecular weight excluding hydrogens is 365 g/mol. The van der Waals surface area contributed by atoms with Crippen molar-refractivity contribution in [2.24, 2.45) is 0 Å². The van der Waals surface area contributed by atoms with Gasteiger partial charge in [0.1, 0.15) is 4.90 Å². The molecule has 118 valence electrons. The van der Waals surface area contributed by atoms with Gasteiger partial charge in [-0.3, -0.25) is 14.9 Å². The second-order valence-electron chi connectivity index (χ2n) is 4.60. The van der Waals surface area contributed by atoms with E-state index in [1.165, 1.54) is 30.3 Å². The third-order valence-electron chi connectivity index (χ3n) is 3.09. The number of hydrogen-bond acceptors (Lipinski definition) is 5. The topological polar surface area (TPSA) is 89.5 Å². The van der Waals surface area contributed by atoms with Crippen LogP contribution in [0.1, 0.15) is 20.7 Å². The molecule has 0 bridgehead atoms. The summed E-state index contributed by atoms with van der Waals surface area (Å²) in [6, 6.07) is 7.61. The van der Waals surface area contributed by atoms with Crippen LogP contribution in [-0.2, 0) is 10.1 Å². The summed E-state index contributed by atoms with van der Waals surface area (Å²) >= 11 is 11.6. The molecule has 2 aromatic rings. The number of nitrogens with one attached hydrogen (secondary N) is 1. The monoisotopic (exact) mass is 371 g/mol. The van der Waals surface area contributed by atoms with Crippen molar-refractivity contribution in [2.75, 3.05) is 0 Å². The number of fused-ring (bicyclic) bond motifs is 1. The molecule has 0 radical (unpaired) electrons. The van der Waals surface area contributed by atoms with E-state index in [-0.39, 0.29) is 31.8 Å². The molecule has 0 saturated carbocycles. The second kappa shape index (κ2) is 5.52. The quantitative estimate of drug-likeness (QED) is 0.661. The van der Waals surface area contributed by atoms with Gasteiger partial charge in [0.05, 0.1) is 16.1 Å². The lowest BCUT2D eigenvalue weighted by molar-refractivity contribution is 0.0879. The van der Waals surface area contributed by atoms with Crippen molar-refractivity contribution in [3.05, 3.63) is 57.6 Å². The number of imide groups is 1. The summed E-state index contributed by atoms with van der Waals surface area (Å²) in [6.45, 7) is 0. The van der Waals surface area contributed by atoms with Crippen LogP contribution < -0.4 is 9.50 Å². The highest BCUT2D eigenvalue weighted by molar-refractivity contribution is 7.87. The number of benzene rings is 2. The molecule has 0 atom stereocenters. The van der Waals surface area contributed by atoms with E-state index in [1.54, 1.807) is 0 Å². The fourth-order valence-corrected chi connectivity index (χ4v) is 3.34. The predicted octanol–water partition coefficient (Wildman–Crippen LogP) is 2.64. The Morgan fingerprint density at radius 3 is 2.35 bits per heavy atom. The Labute approximate surface area is 141 Å². The average Bonchev–Trinajstić information content (AvgIpc) is 2.77. The van der Waals surface area contributed by atoms with E-state index in [2.05, 4.69) is 5.32 Å². The van der Waals surface area contributed by atoms with Gasteiger partial charge >= 0.3 is 10.1 Å². The van der Waals surface area contributed by atoms with Crippen LogP contribution in [0.4, 0.5) is 0 Å². The maximum Gasteiger partial charge on any atom is 0.339 e. The van der Waals surface area contributed by atoms with Crippen molar-refractivity contribution in [1.29, 1.82) is 0 Å². The minimum absolute atomic E-state index is 0.0307. The lowest BCUT2D eigenvalue weighted by Gasteiger charge is -2.09. The maximum atomic E-state index is 12.3. The molecule has 23 heavy (non-hydrogen) atoms. The third kappa shape index (κ3) is 2.90. The zero-order chi connectivity index (χ0) is 16.8. The standard InChI is InChI=1S/C14H7Cl2NO5S/c15-7-1-4-11(16)12(5-7)22-23(20,21)8-2-3-9-10(6-8)14(19)17-13(9)18/h1-6H,(H,17,18,19). The molecular formula is C14H7Cl2NO5S. The first kappa shape index (κ1) is 15.8. The number of amides is 2. The maximum absolute atomic E-state index is 12.3. The van der Waals surface area contributed by atoms with E-state index in [9.17, 15) is 18.0 Å². The van der Waals surface area contributed by atoms with Gasteiger partial charge < -0.3 is 4.18 Å². The molecule has 0 aromatic heterocycles. The van der Waals surface area contributed by atoms with Gasteiger partial charge in [-0.2, -0.15) is 8.42 Å². The van der Waals surface area contributed by atoms with Gasteiger partial charge in [0.25, 0.3) is 11.8 Å². The van der Waals surface area contributed by atoms with Crippen molar-refractivity contribution >= 4 is 45.1 Å². The summed E-state index contributed by atoms with van der Waals surface area (Å²) < 4.78 is 29.6. The first-order valence-electron chi connectivity index (χ1n) is 6.17. The molecule has 1 aliphatic rings. The number of carbonyl (C=O) groups excluding carboxylic acids is 2. The summed E-state index contributed by atoms with van der Waals surface area (Å²) in [5.74, 6) is -1.38. The minimum Gasteiger partial charge on any atom is -0.377 e. The van der Waals surface area contributed by atoms with Crippen LogP contribution in [0.2, 0.25) is 10.0 Å². The number of carbonyl (C=O) groups is 2. The molecule has 0 spiro atoms. The number of rotatable bonds is 3. The van der Waals surface area contributed by atoms with Gasteiger partial charge in [-0.05, 0) is 30.3 Å². The summed E-state index contributed by atoms with van der Waals surface area (Å²) in [6.07, 6.45) is 0. The minimum atomic E-state index is -4.25. The van der Waals surface area contributed by atoms with Gasteiger partial charge in [0, 0.05) is 11.1 Å². The van der Waals surface area contributed by atoms with Crippen LogP contribution in [0.3, 0.4) is 0 Å². The van der Waals surface area contributed by atoms with Crippen molar-refractivity contribution in [3.63, 3.8) is 0 Å². The van der Waals surface area contributed by atoms with Gasteiger partial charge in [-0.1, -0.05) is 23.2 Å². The largest absolute Gasteiger partial charge is 0.377 e. The molecule has 1 N–H and O–H groups in total. The van der Waals surface area contributed by atoms with Crippen LogP contribution in [0.15, 0.2) is 41.3 Å². The second-order valence-corrected chi connectivity index (χ2v) is 6.99. The fourth-order valence-electron chi connectivity index (χ4n) is 2.01. The highest BCUT2D eigenvalue weighted by Crippen LogP contribution is 2.31. The lowest BCUT2D eigenvalue weighted by Crippen LogP contribution is -2.19. The molecule has 2 amide bonds. The lowest BCUT2D eigenvalue weighted by atomic mass is 10.1. The molecule has 9 heteroatoms. The highest BCUT2D eigenvalue weighted by Gasteiger charge is 2.29. The smallest absolute Gasteiger partial charge is 0.339 e. The normalized spacial score (nSPS) is 13.7. The summed E-state index contributed by atoms with van der Waals surface area (Å²) in [5, 5.41) is 2.39. The van der Waals surface area contributed by atoms with Gasteiger partial charge in [0.15, 0.2) is 5.75 Å². The van der Waals surface area contributed by atoms with Crippen LogP contribution in [-0.4, -0.2) is 20.2 Å². The van der Waals surface area contributed by atoms with Crippen LogP contribution in [0.5, 0.6) is 5.75 Å². The predicted molar refractivity (Wildman–Crippen MR) is 82.5 cm³/mol. The molecule has 2 aromatic carbocycles. The summed E-state index contributed by atoms with van der Waals surface area (Å²) in [7, 11) is -4.25. The fraction of sp³-hybridized carbons (Fsp3) is 0.